The fourth-order valence-electron chi connectivity index (χ4n) is 2.54. The molecule has 1 amide bonds. The first-order valence-electron chi connectivity index (χ1n) is 9.41. The molecule has 0 aliphatic carbocycles. The number of carbonyl (C=O) groups is 1. The summed E-state index contributed by atoms with van der Waals surface area (Å²) in [6, 6.07) is 13.7. The van der Waals surface area contributed by atoms with Crippen molar-refractivity contribution in [2.45, 2.75) is 31.3 Å². The Morgan fingerprint density at radius 1 is 1.10 bits per heavy atom. The van der Waals surface area contributed by atoms with Crippen LogP contribution in [0.5, 0.6) is 11.5 Å². The number of hydrogen-bond donors (Lipinski definition) is 1. The molecule has 0 saturated heterocycles. The number of sulfonamides is 1. The van der Waals surface area contributed by atoms with Crippen molar-refractivity contribution < 1.29 is 22.7 Å². The Labute approximate surface area is 172 Å². The molecule has 2 aromatic rings. The third kappa shape index (κ3) is 6.20. The summed E-state index contributed by atoms with van der Waals surface area (Å²) in [5.41, 5.74) is 0.974. The van der Waals surface area contributed by atoms with Crippen molar-refractivity contribution in [3.05, 3.63) is 54.1 Å². The molecule has 0 fully saturated rings. The number of aryl methyl sites for hydroxylation is 1. The maximum Gasteiger partial charge on any atom is 0.261 e. The number of nitrogens with one attached hydrogen (secondary N) is 1. The van der Waals surface area contributed by atoms with Crippen molar-refractivity contribution in [2.24, 2.45) is 0 Å². The van der Waals surface area contributed by atoms with Crippen LogP contribution in [0.4, 0.5) is 0 Å². The lowest BCUT2D eigenvalue weighted by Crippen LogP contribution is -2.39. The fraction of sp³-hybridized carbons (Fsp3) is 0.381. The summed E-state index contributed by atoms with van der Waals surface area (Å²) in [5, 5.41) is 2.80. The molecule has 2 rings (SSSR count). The van der Waals surface area contributed by atoms with Crippen molar-refractivity contribution in [1.29, 1.82) is 0 Å². The zero-order valence-electron chi connectivity index (χ0n) is 17.2. The lowest BCUT2D eigenvalue weighted by molar-refractivity contribution is -0.128. The van der Waals surface area contributed by atoms with E-state index in [9.17, 15) is 13.2 Å². The Bertz CT molecular complexity index is 911. The second-order valence-electron chi connectivity index (χ2n) is 6.68. The van der Waals surface area contributed by atoms with Gasteiger partial charge in [0.25, 0.3) is 5.91 Å². The van der Waals surface area contributed by atoms with Gasteiger partial charge in [0, 0.05) is 14.1 Å². The van der Waals surface area contributed by atoms with Crippen molar-refractivity contribution in [3.8, 4) is 11.5 Å². The van der Waals surface area contributed by atoms with Crippen LogP contribution in [0, 0.1) is 6.92 Å². The quantitative estimate of drug-likeness (QED) is 0.597. The molecule has 2 aromatic carbocycles. The summed E-state index contributed by atoms with van der Waals surface area (Å²) in [7, 11) is -0.503. The number of hydrogen-bond acceptors (Lipinski definition) is 5. The van der Waals surface area contributed by atoms with E-state index in [4.69, 9.17) is 9.47 Å². The first kappa shape index (κ1) is 22.7. The highest BCUT2D eigenvalue weighted by atomic mass is 32.2. The molecule has 0 spiro atoms. The van der Waals surface area contributed by atoms with Gasteiger partial charge in [-0.1, -0.05) is 25.1 Å². The van der Waals surface area contributed by atoms with E-state index in [2.05, 4.69) is 5.32 Å². The second-order valence-corrected chi connectivity index (χ2v) is 8.83. The van der Waals surface area contributed by atoms with Gasteiger partial charge in [0.15, 0.2) is 6.10 Å². The van der Waals surface area contributed by atoms with Gasteiger partial charge < -0.3 is 14.8 Å². The maximum atomic E-state index is 12.4. The van der Waals surface area contributed by atoms with Gasteiger partial charge in [0.2, 0.25) is 10.0 Å². The summed E-state index contributed by atoms with van der Waals surface area (Å²) in [6.45, 7) is 4.39. The highest BCUT2D eigenvalue weighted by molar-refractivity contribution is 7.89. The molecule has 0 aliphatic heterocycles. The minimum Gasteiger partial charge on any atom is -0.492 e. The van der Waals surface area contributed by atoms with E-state index in [0.717, 1.165) is 9.87 Å². The number of para-hydroxylation sites is 1. The van der Waals surface area contributed by atoms with Crippen molar-refractivity contribution in [3.63, 3.8) is 0 Å². The van der Waals surface area contributed by atoms with E-state index in [0.29, 0.717) is 24.5 Å². The van der Waals surface area contributed by atoms with E-state index in [1.165, 1.54) is 26.2 Å². The largest absolute Gasteiger partial charge is 0.492 e. The monoisotopic (exact) mass is 420 g/mol. The molecule has 0 bridgehead atoms. The van der Waals surface area contributed by atoms with Gasteiger partial charge in [-0.2, -0.15) is 0 Å². The highest BCUT2D eigenvalue weighted by Gasteiger charge is 2.19. The fourth-order valence-corrected chi connectivity index (χ4v) is 3.44. The minimum atomic E-state index is -3.46. The predicted octanol–water partition coefficient (Wildman–Crippen LogP) is 2.60. The van der Waals surface area contributed by atoms with Crippen LogP contribution in [-0.2, 0) is 14.8 Å². The van der Waals surface area contributed by atoms with E-state index in [1.807, 2.05) is 38.1 Å². The first-order chi connectivity index (χ1) is 13.8. The minimum absolute atomic E-state index is 0.197. The molecular weight excluding hydrogens is 392 g/mol. The van der Waals surface area contributed by atoms with Crippen molar-refractivity contribution in [1.82, 2.24) is 9.62 Å². The maximum absolute atomic E-state index is 12.4. The number of ether oxygens (including phenoxy) is 2. The van der Waals surface area contributed by atoms with E-state index >= 15 is 0 Å². The Hall–Kier alpha value is -2.58. The third-order valence-electron chi connectivity index (χ3n) is 4.30. The standard InChI is InChI=1S/C21H28N2O5S/c1-5-19(28-20-9-7-6-8-16(20)2)21(24)22-14-15-27-17-10-12-18(13-11-17)29(25,26)23(3)4/h6-13,19H,5,14-15H2,1-4H3,(H,22,24)/t19-/m1/s1. The smallest absolute Gasteiger partial charge is 0.261 e. The van der Waals surface area contributed by atoms with Gasteiger partial charge in [-0.15, -0.1) is 0 Å². The highest BCUT2D eigenvalue weighted by Crippen LogP contribution is 2.19. The molecule has 1 atom stereocenters. The van der Waals surface area contributed by atoms with Crippen LogP contribution in [0.25, 0.3) is 0 Å². The van der Waals surface area contributed by atoms with Crippen molar-refractivity contribution >= 4 is 15.9 Å². The number of carbonyl (C=O) groups excluding carboxylic acids is 1. The van der Waals surface area contributed by atoms with E-state index < -0.39 is 16.1 Å². The van der Waals surface area contributed by atoms with Gasteiger partial charge in [0.1, 0.15) is 18.1 Å². The molecule has 29 heavy (non-hydrogen) atoms. The molecule has 1 N–H and O–H groups in total. The molecule has 0 aliphatic rings. The molecule has 0 saturated carbocycles. The normalized spacial score (nSPS) is 12.4. The molecule has 158 valence electrons. The van der Waals surface area contributed by atoms with Crippen LogP contribution in [-0.4, -0.2) is 52.0 Å². The summed E-state index contributed by atoms with van der Waals surface area (Å²) in [5.74, 6) is 1.02. The van der Waals surface area contributed by atoms with Gasteiger partial charge >= 0.3 is 0 Å². The third-order valence-corrected chi connectivity index (χ3v) is 6.13. The van der Waals surface area contributed by atoms with Crippen LogP contribution in [0.15, 0.2) is 53.4 Å². The topological polar surface area (TPSA) is 84.9 Å². The Morgan fingerprint density at radius 2 is 1.76 bits per heavy atom. The SMILES string of the molecule is CC[C@@H](Oc1ccccc1C)C(=O)NCCOc1ccc(S(=O)(=O)N(C)C)cc1. The molecule has 7 nitrogen and oxygen atoms in total. The summed E-state index contributed by atoms with van der Waals surface area (Å²) in [4.78, 5) is 12.6. The number of amides is 1. The van der Waals surface area contributed by atoms with Crippen LogP contribution in [0.2, 0.25) is 0 Å². The first-order valence-corrected chi connectivity index (χ1v) is 10.8. The van der Waals surface area contributed by atoms with Crippen molar-refractivity contribution in [2.75, 3.05) is 27.2 Å². The zero-order valence-corrected chi connectivity index (χ0v) is 18.0. The summed E-state index contributed by atoms with van der Waals surface area (Å²) >= 11 is 0. The van der Waals surface area contributed by atoms with Gasteiger partial charge in [-0.05, 0) is 49.2 Å². The average Bonchev–Trinajstić information content (AvgIpc) is 2.70. The van der Waals surface area contributed by atoms with Crippen LogP contribution >= 0.6 is 0 Å². The zero-order chi connectivity index (χ0) is 21.4. The van der Waals surface area contributed by atoms with Crippen LogP contribution in [0.1, 0.15) is 18.9 Å². The number of benzene rings is 2. The van der Waals surface area contributed by atoms with Gasteiger partial charge in [-0.3, -0.25) is 4.79 Å². The molecule has 0 unspecified atom stereocenters. The van der Waals surface area contributed by atoms with Crippen LogP contribution < -0.4 is 14.8 Å². The van der Waals surface area contributed by atoms with Crippen LogP contribution in [0.3, 0.4) is 0 Å². The Kier molecular flexibility index (Phi) is 8.04. The second kappa shape index (κ2) is 10.3. The van der Waals surface area contributed by atoms with Gasteiger partial charge in [0.05, 0.1) is 11.4 Å². The Morgan fingerprint density at radius 3 is 2.34 bits per heavy atom. The molecule has 0 radical (unpaired) electrons. The lowest BCUT2D eigenvalue weighted by Gasteiger charge is -2.18. The van der Waals surface area contributed by atoms with Gasteiger partial charge in [-0.25, -0.2) is 12.7 Å². The Balaban J connectivity index is 1.82. The summed E-state index contributed by atoms with van der Waals surface area (Å²) in [6.07, 6.45) is -0.0327. The van der Waals surface area contributed by atoms with E-state index in [-0.39, 0.29) is 17.4 Å². The number of rotatable bonds is 10. The predicted molar refractivity (Wildman–Crippen MR) is 112 cm³/mol. The average molecular weight is 421 g/mol. The molecular formula is C21H28N2O5S. The lowest BCUT2D eigenvalue weighted by atomic mass is 10.2. The summed E-state index contributed by atoms with van der Waals surface area (Å²) < 4.78 is 36.6. The van der Waals surface area contributed by atoms with E-state index in [1.54, 1.807) is 12.1 Å². The molecule has 0 aromatic heterocycles. The number of nitrogens with zero attached hydrogens (tertiary/aromatic N) is 1. The molecule has 0 heterocycles. The molecule has 8 heteroatoms.